The Labute approximate surface area is 187 Å². The minimum absolute atomic E-state index is 0.0218. The molecule has 0 saturated heterocycles. The van der Waals surface area contributed by atoms with E-state index < -0.39 is 10.0 Å². The van der Waals surface area contributed by atoms with Crippen LogP contribution in [-0.2, 0) is 10.0 Å². The highest BCUT2D eigenvalue weighted by atomic mass is 32.2. The van der Waals surface area contributed by atoms with Gasteiger partial charge in [-0.1, -0.05) is 30.3 Å². The Morgan fingerprint density at radius 3 is 2.59 bits per heavy atom. The van der Waals surface area contributed by atoms with Crippen LogP contribution in [0.25, 0.3) is 0 Å². The summed E-state index contributed by atoms with van der Waals surface area (Å²) >= 11 is 0. The summed E-state index contributed by atoms with van der Waals surface area (Å²) in [5.41, 5.74) is 4.33. The number of fused-ring (bicyclic) bond motifs is 3. The Balaban J connectivity index is 1.53. The summed E-state index contributed by atoms with van der Waals surface area (Å²) in [6.07, 6.45) is 1.45. The second kappa shape index (κ2) is 7.87. The zero-order valence-electron chi connectivity index (χ0n) is 17.7. The fraction of sp³-hybridized carbons (Fsp3) is 0.208. The molecular formula is C24H23N3O4S. The smallest absolute Gasteiger partial charge is 0.229 e. The number of nitrogens with one attached hydrogen (secondary N) is 1. The van der Waals surface area contributed by atoms with Gasteiger partial charge >= 0.3 is 0 Å². The molecule has 2 atom stereocenters. The number of sulfonamides is 1. The number of hydrogen-bond donors (Lipinski definition) is 1. The monoisotopic (exact) mass is 449 g/mol. The fourth-order valence-electron chi connectivity index (χ4n) is 4.17. The number of hydrazone groups is 1. The predicted octanol–water partition coefficient (Wildman–Crippen LogP) is 4.31. The van der Waals surface area contributed by atoms with Gasteiger partial charge in [0.05, 0.1) is 25.1 Å². The van der Waals surface area contributed by atoms with E-state index >= 15 is 0 Å². The molecule has 0 aliphatic carbocycles. The van der Waals surface area contributed by atoms with Crippen LogP contribution >= 0.6 is 0 Å². The van der Waals surface area contributed by atoms with E-state index in [1.165, 1.54) is 0 Å². The number of anilines is 1. The van der Waals surface area contributed by atoms with E-state index in [0.29, 0.717) is 12.1 Å². The molecule has 0 bridgehead atoms. The van der Waals surface area contributed by atoms with Crippen molar-refractivity contribution in [3.8, 4) is 11.5 Å². The van der Waals surface area contributed by atoms with Crippen LogP contribution in [0.15, 0.2) is 77.9 Å². The molecule has 0 fully saturated rings. The van der Waals surface area contributed by atoms with Crippen molar-refractivity contribution in [1.29, 1.82) is 0 Å². The second-order valence-corrected chi connectivity index (χ2v) is 9.63. The maximum Gasteiger partial charge on any atom is 0.229 e. The maximum atomic E-state index is 11.6. The van der Waals surface area contributed by atoms with Crippen LogP contribution in [0.2, 0.25) is 0 Å². The first-order valence-corrected chi connectivity index (χ1v) is 12.1. The van der Waals surface area contributed by atoms with Gasteiger partial charge in [0.25, 0.3) is 0 Å². The van der Waals surface area contributed by atoms with Crippen molar-refractivity contribution >= 4 is 21.4 Å². The highest BCUT2D eigenvalue weighted by Gasteiger charge is 2.40. The molecule has 32 heavy (non-hydrogen) atoms. The van der Waals surface area contributed by atoms with Gasteiger partial charge in [0.2, 0.25) is 16.3 Å². The van der Waals surface area contributed by atoms with Gasteiger partial charge in [0.1, 0.15) is 11.5 Å². The van der Waals surface area contributed by atoms with Gasteiger partial charge in [-0.15, -0.1) is 0 Å². The zero-order valence-corrected chi connectivity index (χ0v) is 18.5. The first-order valence-electron chi connectivity index (χ1n) is 10.2. The van der Waals surface area contributed by atoms with E-state index in [4.69, 9.17) is 14.6 Å². The molecule has 1 N–H and O–H groups in total. The van der Waals surface area contributed by atoms with Crippen molar-refractivity contribution in [3.63, 3.8) is 0 Å². The third-order valence-corrected chi connectivity index (χ3v) is 6.21. The SMILES string of the molecule is COc1ccc([C@H]2Oc3ccccc3[C@@H]3CC(c4cccc(NS(C)(=O)=O)c4)=NN23)cc1. The largest absolute Gasteiger partial charge is 0.497 e. The number of hydrogen-bond acceptors (Lipinski definition) is 6. The van der Waals surface area contributed by atoms with Crippen molar-refractivity contribution < 1.29 is 17.9 Å². The summed E-state index contributed by atoms with van der Waals surface area (Å²) in [5.74, 6) is 1.63. The lowest BCUT2D eigenvalue weighted by atomic mass is 9.96. The first-order chi connectivity index (χ1) is 15.4. The van der Waals surface area contributed by atoms with E-state index in [0.717, 1.165) is 40.2 Å². The topological polar surface area (TPSA) is 80.2 Å². The van der Waals surface area contributed by atoms with Crippen LogP contribution in [-0.4, -0.2) is 32.5 Å². The van der Waals surface area contributed by atoms with Crippen LogP contribution in [0.4, 0.5) is 5.69 Å². The second-order valence-electron chi connectivity index (χ2n) is 7.88. The van der Waals surface area contributed by atoms with Crippen LogP contribution in [0.1, 0.15) is 35.4 Å². The molecule has 7 nitrogen and oxygen atoms in total. The summed E-state index contributed by atoms with van der Waals surface area (Å²) < 4.78 is 37.5. The van der Waals surface area contributed by atoms with Crippen LogP contribution < -0.4 is 14.2 Å². The summed E-state index contributed by atoms with van der Waals surface area (Å²) in [4.78, 5) is 0. The zero-order chi connectivity index (χ0) is 22.3. The molecule has 0 spiro atoms. The molecule has 0 radical (unpaired) electrons. The molecule has 8 heteroatoms. The van der Waals surface area contributed by atoms with Gasteiger partial charge in [0.15, 0.2) is 0 Å². The predicted molar refractivity (Wildman–Crippen MR) is 123 cm³/mol. The molecule has 0 unspecified atom stereocenters. The molecule has 0 aromatic heterocycles. The minimum Gasteiger partial charge on any atom is -0.497 e. The van der Waals surface area contributed by atoms with E-state index in [-0.39, 0.29) is 12.3 Å². The molecule has 3 aromatic rings. The number of ether oxygens (including phenoxy) is 2. The minimum atomic E-state index is -3.36. The normalized spacial score (nSPS) is 19.4. The van der Waals surface area contributed by atoms with Gasteiger partial charge in [-0.05, 0) is 48.0 Å². The molecule has 5 rings (SSSR count). The third-order valence-electron chi connectivity index (χ3n) is 5.60. The summed E-state index contributed by atoms with van der Waals surface area (Å²) in [7, 11) is -1.72. The van der Waals surface area contributed by atoms with Crippen molar-refractivity contribution in [3.05, 3.63) is 89.5 Å². The fourth-order valence-corrected chi connectivity index (χ4v) is 4.73. The summed E-state index contributed by atoms with van der Waals surface area (Å²) in [6, 6.07) is 23.2. The standard InChI is InChI=1S/C24H23N3O4S/c1-30-19-12-10-16(11-13-19)24-27-22(20-8-3-4-9-23(20)31-24)15-21(25-27)17-6-5-7-18(14-17)26-32(2,28)29/h3-14,22,24,26H,15H2,1-2H3/t22-,24+/m0/s1. The van der Waals surface area contributed by atoms with E-state index in [1.54, 1.807) is 13.2 Å². The number of nitrogens with zero attached hydrogens (tertiary/aromatic N) is 2. The van der Waals surface area contributed by atoms with Gasteiger partial charge in [-0.2, -0.15) is 5.10 Å². The first kappa shape index (κ1) is 20.4. The lowest BCUT2D eigenvalue weighted by molar-refractivity contribution is -0.0190. The van der Waals surface area contributed by atoms with Gasteiger partial charge < -0.3 is 9.47 Å². The lowest BCUT2D eigenvalue weighted by Crippen LogP contribution is -2.33. The lowest BCUT2D eigenvalue weighted by Gasteiger charge is -2.38. The van der Waals surface area contributed by atoms with E-state index in [9.17, 15) is 8.42 Å². The Bertz CT molecular complexity index is 1290. The van der Waals surface area contributed by atoms with Crippen molar-refractivity contribution in [2.45, 2.75) is 18.7 Å². The number of benzene rings is 3. The Kier molecular flexibility index (Phi) is 5.01. The van der Waals surface area contributed by atoms with Crippen LogP contribution in [0, 0.1) is 0 Å². The number of methoxy groups -OCH3 is 1. The molecule has 3 aromatic carbocycles. The summed E-state index contributed by atoms with van der Waals surface area (Å²) in [6.45, 7) is 0. The molecule has 2 aliphatic rings. The molecular weight excluding hydrogens is 426 g/mol. The number of rotatable bonds is 5. The van der Waals surface area contributed by atoms with Gasteiger partial charge in [-0.3, -0.25) is 4.72 Å². The Morgan fingerprint density at radius 2 is 1.84 bits per heavy atom. The molecule has 0 saturated carbocycles. The maximum absolute atomic E-state index is 11.6. The average Bonchev–Trinajstić information content (AvgIpc) is 3.24. The van der Waals surface area contributed by atoms with Crippen LogP contribution in [0.3, 0.4) is 0 Å². The molecule has 2 aliphatic heterocycles. The van der Waals surface area contributed by atoms with Crippen molar-refractivity contribution in [2.24, 2.45) is 5.10 Å². The van der Waals surface area contributed by atoms with Crippen LogP contribution in [0.5, 0.6) is 11.5 Å². The third kappa shape index (κ3) is 3.89. The highest BCUT2D eigenvalue weighted by molar-refractivity contribution is 7.92. The Hall–Kier alpha value is -3.52. The van der Waals surface area contributed by atoms with E-state index in [1.807, 2.05) is 65.7 Å². The quantitative estimate of drug-likeness (QED) is 0.628. The van der Waals surface area contributed by atoms with Crippen molar-refractivity contribution in [2.75, 3.05) is 18.1 Å². The molecule has 164 valence electrons. The Morgan fingerprint density at radius 1 is 1.06 bits per heavy atom. The van der Waals surface area contributed by atoms with Gasteiger partial charge in [-0.25, -0.2) is 13.4 Å². The number of para-hydroxylation sites is 1. The van der Waals surface area contributed by atoms with E-state index in [2.05, 4.69) is 10.8 Å². The average molecular weight is 450 g/mol. The summed E-state index contributed by atoms with van der Waals surface area (Å²) in [5, 5.41) is 6.93. The molecule has 0 amide bonds. The van der Waals surface area contributed by atoms with Crippen molar-refractivity contribution in [1.82, 2.24) is 5.01 Å². The molecule has 2 heterocycles. The van der Waals surface area contributed by atoms with Gasteiger partial charge in [0, 0.05) is 23.2 Å². The highest BCUT2D eigenvalue weighted by Crippen LogP contribution is 2.47.